The van der Waals surface area contributed by atoms with Crippen LogP contribution in [0, 0.1) is 13.8 Å². The third-order valence-electron chi connectivity index (χ3n) is 2.83. The van der Waals surface area contributed by atoms with E-state index >= 15 is 0 Å². The van der Waals surface area contributed by atoms with Gasteiger partial charge >= 0.3 is 6.18 Å². The van der Waals surface area contributed by atoms with Crippen LogP contribution in [0.4, 0.5) is 24.7 Å². The van der Waals surface area contributed by atoms with Crippen molar-refractivity contribution in [3.63, 3.8) is 0 Å². The average molecular weight is 302 g/mol. The fourth-order valence-corrected chi connectivity index (χ4v) is 1.83. The van der Waals surface area contributed by atoms with E-state index in [9.17, 15) is 13.2 Å². The Labute approximate surface area is 118 Å². The molecule has 0 saturated heterocycles. The van der Waals surface area contributed by atoms with Crippen molar-refractivity contribution in [2.45, 2.75) is 20.0 Å². The predicted octanol–water partition coefficient (Wildman–Crippen LogP) is 4.51. The van der Waals surface area contributed by atoms with Crippen molar-refractivity contribution in [3.8, 4) is 0 Å². The van der Waals surface area contributed by atoms with Crippen LogP contribution < -0.4 is 5.32 Å². The summed E-state index contributed by atoms with van der Waals surface area (Å²) in [6, 6.07) is 4.01. The zero-order valence-corrected chi connectivity index (χ0v) is 11.5. The van der Waals surface area contributed by atoms with Crippen LogP contribution in [0.15, 0.2) is 24.5 Å². The number of aromatic nitrogens is 2. The lowest BCUT2D eigenvalue weighted by Gasteiger charge is -2.14. The maximum atomic E-state index is 12.8. The Morgan fingerprint density at radius 2 is 1.85 bits per heavy atom. The van der Waals surface area contributed by atoms with E-state index in [1.165, 1.54) is 19.3 Å². The SMILES string of the molecule is Cc1ccc(Nc2ncnc(Cl)c2C)cc1C(F)(F)F. The van der Waals surface area contributed by atoms with Gasteiger partial charge < -0.3 is 5.32 Å². The summed E-state index contributed by atoms with van der Waals surface area (Å²) >= 11 is 5.84. The number of anilines is 2. The summed E-state index contributed by atoms with van der Waals surface area (Å²) in [5, 5.41) is 3.07. The van der Waals surface area contributed by atoms with Gasteiger partial charge in [-0.3, -0.25) is 0 Å². The molecular weight excluding hydrogens is 291 g/mol. The van der Waals surface area contributed by atoms with Crippen LogP contribution in [-0.2, 0) is 6.18 Å². The highest BCUT2D eigenvalue weighted by atomic mass is 35.5. The van der Waals surface area contributed by atoms with Gasteiger partial charge in [-0.1, -0.05) is 17.7 Å². The van der Waals surface area contributed by atoms with E-state index in [0.29, 0.717) is 17.1 Å². The summed E-state index contributed by atoms with van der Waals surface area (Å²) in [6.45, 7) is 3.10. The quantitative estimate of drug-likeness (QED) is 0.829. The van der Waals surface area contributed by atoms with Gasteiger partial charge in [0, 0.05) is 11.3 Å². The smallest absolute Gasteiger partial charge is 0.340 e. The molecule has 2 aromatic rings. The van der Waals surface area contributed by atoms with Crippen molar-refractivity contribution in [2.75, 3.05) is 5.32 Å². The van der Waals surface area contributed by atoms with Crippen LogP contribution in [0.5, 0.6) is 0 Å². The average Bonchev–Trinajstić information content (AvgIpc) is 2.36. The van der Waals surface area contributed by atoms with Crippen LogP contribution >= 0.6 is 11.6 Å². The van der Waals surface area contributed by atoms with E-state index in [2.05, 4.69) is 15.3 Å². The fraction of sp³-hybridized carbons (Fsp3) is 0.231. The minimum Gasteiger partial charge on any atom is -0.340 e. The topological polar surface area (TPSA) is 37.8 Å². The molecule has 0 fully saturated rings. The monoisotopic (exact) mass is 301 g/mol. The first kappa shape index (κ1) is 14.6. The van der Waals surface area contributed by atoms with E-state index in [1.807, 2.05) is 0 Å². The Kier molecular flexibility index (Phi) is 3.85. The Hall–Kier alpha value is -1.82. The molecule has 3 nitrogen and oxygen atoms in total. The summed E-state index contributed by atoms with van der Waals surface area (Å²) in [6.07, 6.45) is -3.14. The minimum absolute atomic E-state index is 0.167. The van der Waals surface area contributed by atoms with Gasteiger partial charge in [-0.25, -0.2) is 9.97 Å². The van der Waals surface area contributed by atoms with E-state index in [1.54, 1.807) is 13.0 Å². The van der Waals surface area contributed by atoms with Crippen molar-refractivity contribution in [1.29, 1.82) is 0 Å². The molecule has 1 N–H and O–H groups in total. The van der Waals surface area contributed by atoms with Gasteiger partial charge in [-0.05, 0) is 31.5 Å². The molecule has 0 atom stereocenters. The summed E-state index contributed by atoms with van der Waals surface area (Å²) in [4.78, 5) is 7.75. The van der Waals surface area contributed by atoms with Crippen LogP contribution in [0.2, 0.25) is 5.15 Å². The molecule has 20 heavy (non-hydrogen) atoms. The van der Waals surface area contributed by atoms with Gasteiger partial charge in [0.1, 0.15) is 17.3 Å². The number of hydrogen-bond donors (Lipinski definition) is 1. The van der Waals surface area contributed by atoms with Crippen molar-refractivity contribution in [1.82, 2.24) is 9.97 Å². The van der Waals surface area contributed by atoms with E-state index < -0.39 is 11.7 Å². The number of nitrogens with zero attached hydrogens (tertiary/aromatic N) is 2. The molecule has 0 amide bonds. The fourth-order valence-electron chi connectivity index (χ4n) is 1.70. The number of rotatable bonds is 2. The van der Waals surface area contributed by atoms with E-state index in [0.717, 1.165) is 6.07 Å². The Bertz CT molecular complexity index is 641. The minimum atomic E-state index is -4.39. The van der Waals surface area contributed by atoms with Gasteiger partial charge in [0.15, 0.2) is 0 Å². The van der Waals surface area contributed by atoms with Gasteiger partial charge in [0.2, 0.25) is 0 Å². The van der Waals surface area contributed by atoms with Gasteiger partial charge in [0.25, 0.3) is 0 Å². The first-order chi connectivity index (χ1) is 9.29. The number of alkyl halides is 3. The van der Waals surface area contributed by atoms with E-state index in [4.69, 9.17) is 11.6 Å². The Balaban J connectivity index is 2.38. The number of benzene rings is 1. The lowest BCUT2D eigenvalue weighted by atomic mass is 10.1. The molecule has 0 aliphatic rings. The molecule has 1 heterocycles. The van der Waals surface area contributed by atoms with Crippen LogP contribution in [0.3, 0.4) is 0 Å². The molecule has 0 saturated carbocycles. The summed E-state index contributed by atoms with van der Waals surface area (Å²) in [7, 11) is 0. The summed E-state index contributed by atoms with van der Waals surface area (Å²) in [5.41, 5.74) is 0.352. The highest BCUT2D eigenvalue weighted by Gasteiger charge is 2.32. The van der Waals surface area contributed by atoms with Crippen LogP contribution in [0.1, 0.15) is 16.7 Å². The van der Waals surface area contributed by atoms with Crippen molar-refractivity contribution in [2.24, 2.45) is 0 Å². The van der Waals surface area contributed by atoms with Gasteiger partial charge in [-0.15, -0.1) is 0 Å². The first-order valence-electron chi connectivity index (χ1n) is 5.71. The van der Waals surface area contributed by atoms with Crippen molar-refractivity contribution >= 4 is 23.1 Å². The molecular formula is C13H11ClF3N3. The molecule has 1 aromatic carbocycles. The lowest BCUT2D eigenvalue weighted by molar-refractivity contribution is -0.138. The highest BCUT2D eigenvalue weighted by Crippen LogP contribution is 2.34. The van der Waals surface area contributed by atoms with Crippen molar-refractivity contribution < 1.29 is 13.2 Å². The van der Waals surface area contributed by atoms with Crippen molar-refractivity contribution in [3.05, 3.63) is 46.4 Å². The van der Waals surface area contributed by atoms with Gasteiger partial charge in [-0.2, -0.15) is 13.2 Å². The van der Waals surface area contributed by atoms with Crippen LogP contribution in [-0.4, -0.2) is 9.97 Å². The predicted molar refractivity (Wildman–Crippen MR) is 71.2 cm³/mol. The Morgan fingerprint density at radius 1 is 1.15 bits per heavy atom. The summed E-state index contributed by atoms with van der Waals surface area (Å²) in [5.74, 6) is 0.377. The lowest BCUT2D eigenvalue weighted by Crippen LogP contribution is -2.08. The second kappa shape index (κ2) is 5.28. The third kappa shape index (κ3) is 3.01. The maximum absolute atomic E-state index is 12.8. The summed E-state index contributed by atoms with van der Waals surface area (Å²) < 4.78 is 38.5. The molecule has 0 radical (unpaired) electrons. The largest absolute Gasteiger partial charge is 0.416 e. The van der Waals surface area contributed by atoms with Gasteiger partial charge in [0.05, 0.1) is 5.56 Å². The molecule has 0 bridgehead atoms. The zero-order valence-electron chi connectivity index (χ0n) is 10.7. The highest BCUT2D eigenvalue weighted by molar-refractivity contribution is 6.30. The second-order valence-electron chi connectivity index (χ2n) is 4.29. The number of aryl methyl sites for hydroxylation is 1. The maximum Gasteiger partial charge on any atom is 0.416 e. The molecule has 7 heteroatoms. The molecule has 0 spiro atoms. The molecule has 0 aliphatic heterocycles. The molecule has 2 rings (SSSR count). The van der Waals surface area contributed by atoms with E-state index in [-0.39, 0.29) is 10.7 Å². The number of hydrogen-bond acceptors (Lipinski definition) is 3. The molecule has 106 valence electrons. The second-order valence-corrected chi connectivity index (χ2v) is 4.65. The Morgan fingerprint density at radius 3 is 2.50 bits per heavy atom. The number of nitrogens with one attached hydrogen (secondary N) is 1. The molecule has 1 aromatic heterocycles. The normalized spacial score (nSPS) is 11.5. The molecule has 0 aliphatic carbocycles. The standard InChI is InChI=1S/C13H11ClF3N3/c1-7-3-4-9(5-10(7)13(15,16)17)20-12-8(2)11(14)18-6-19-12/h3-6H,1-2H3,(H,18,19,20). The zero-order chi connectivity index (χ0) is 14.9. The van der Waals surface area contributed by atoms with Crippen LogP contribution in [0.25, 0.3) is 0 Å². The first-order valence-corrected chi connectivity index (χ1v) is 6.09. The molecule has 0 unspecified atom stereocenters. The number of halogens is 4. The third-order valence-corrected chi connectivity index (χ3v) is 3.21.